The van der Waals surface area contributed by atoms with E-state index < -0.39 is 22.4 Å². The largest absolute Gasteiger partial charge is 0.479 e. The number of hydrogen-bond donors (Lipinski definition) is 3. The van der Waals surface area contributed by atoms with Crippen LogP contribution in [0.4, 0.5) is 5.82 Å². The summed E-state index contributed by atoms with van der Waals surface area (Å²) in [5.41, 5.74) is -1.09. The maximum Gasteiger partial charge on any atom is 0.342 e. The molecule has 88 valence electrons. The van der Waals surface area contributed by atoms with Gasteiger partial charge in [-0.2, -0.15) is 0 Å². The number of nitrogens with one attached hydrogen (secondary N) is 1. The molecule has 0 saturated carbocycles. The number of nitro groups is 1. The molecule has 0 fully saturated rings. The molecule has 0 aliphatic heterocycles. The molecular weight excluding hydrogens is 218 g/mol. The summed E-state index contributed by atoms with van der Waals surface area (Å²) in [6.45, 7) is 2.87. The van der Waals surface area contributed by atoms with Gasteiger partial charge < -0.3 is 20.3 Å². The zero-order valence-electron chi connectivity index (χ0n) is 8.67. The second-order valence-electron chi connectivity index (χ2n) is 3.86. The number of H-pyrrole nitrogens is 1. The number of aliphatic hydroxyl groups excluding tert-OH is 1. The van der Waals surface area contributed by atoms with Crippen LogP contribution in [-0.2, 0) is 10.2 Å². The average molecular weight is 229 g/mol. The van der Waals surface area contributed by atoms with E-state index in [1.165, 1.54) is 13.8 Å². The molecule has 1 heterocycles. The number of nitrogens with zero attached hydrogens (tertiary/aromatic N) is 2. The predicted octanol–water partition coefficient (Wildman–Crippen LogP) is 0.0410. The van der Waals surface area contributed by atoms with Gasteiger partial charge in [0.2, 0.25) is 0 Å². The number of carboxylic acid groups (broad SMARTS) is 1. The minimum Gasteiger partial charge on any atom is -0.479 e. The number of aliphatic carboxylic acids is 1. The van der Waals surface area contributed by atoms with Gasteiger partial charge in [0.25, 0.3) is 0 Å². The molecule has 0 radical (unpaired) electrons. The molecule has 0 amide bonds. The first-order valence-electron chi connectivity index (χ1n) is 4.38. The van der Waals surface area contributed by atoms with Crippen molar-refractivity contribution < 1.29 is 19.9 Å². The lowest BCUT2D eigenvalue weighted by Gasteiger charge is -2.24. The van der Waals surface area contributed by atoms with Crippen LogP contribution < -0.4 is 0 Å². The van der Waals surface area contributed by atoms with Gasteiger partial charge in [-0.25, -0.2) is 4.79 Å². The summed E-state index contributed by atoms with van der Waals surface area (Å²) in [6, 6.07) is 1.10. The fourth-order valence-corrected chi connectivity index (χ4v) is 1.18. The topological polar surface area (TPSA) is 129 Å². The number of carboxylic acids is 1. The number of aromatic nitrogens is 2. The summed E-state index contributed by atoms with van der Waals surface area (Å²) in [4.78, 5) is 20.4. The van der Waals surface area contributed by atoms with Crippen LogP contribution >= 0.6 is 0 Å². The molecule has 1 aromatic heterocycles. The molecule has 0 spiro atoms. The van der Waals surface area contributed by atoms with Gasteiger partial charge >= 0.3 is 11.8 Å². The highest BCUT2D eigenvalue weighted by atomic mass is 16.6. The average Bonchev–Trinajstić information content (AvgIpc) is 2.65. The quantitative estimate of drug-likeness (QED) is 0.493. The van der Waals surface area contributed by atoms with E-state index in [-0.39, 0.29) is 11.5 Å². The highest BCUT2D eigenvalue weighted by Crippen LogP contribution is 2.27. The Morgan fingerprint density at radius 2 is 2.25 bits per heavy atom. The second-order valence-corrected chi connectivity index (χ2v) is 3.86. The van der Waals surface area contributed by atoms with Gasteiger partial charge in [-0.15, -0.1) is 5.10 Å². The molecule has 16 heavy (non-hydrogen) atoms. The zero-order valence-corrected chi connectivity index (χ0v) is 8.67. The molecule has 1 aromatic rings. The Balaban J connectivity index is 3.06. The van der Waals surface area contributed by atoms with Crippen LogP contribution in [0.5, 0.6) is 0 Å². The third-order valence-electron chi connectivity index (χ3n) is 2.34. The number of carbonyl (C=O) groups is 1. The normalized spacial score (nSPS) is 13.4. The van der Waals surface area contributed by atoms with Crippen molar-refractivity contribution in [3.63, 3.8) is 0 Å². The van der Waals surface area contributed by atoms with E-state index >= 15 is 0 Å². The highest BCUT2D eigenvalue weighted by molar-refractivity contribution is 5.74. The van der Waals surface area contributed by atoms with Gasteiger partial charge in [0, 0.05) is 5.41 Å². The van der Waals surface area contributed by atoms with Crippen LogP contribution in [0.15, 0.2) is 6.07 Å². The molecule has 3 N–H and O–H groups in total. The summed E-state index contributed by atoms with van der Waals surface area (Å²) < 4.78 is 0. The van der Waals surface area contributed by atoms with E-state index in [0.717, 1.165) is 6.07 Å². The molecule has 1 unspecified atom stereocenters. The minimum atomic E-state index is -1.68. The van der Waals surface area contributed by atoms with E-state index in [1.807, 2.05) is 0 Å². The highest BCUT2D eigenvalue weighted by Gasteiger charge is 2.38. The van der Waals surface area contributed by atoms with Crippen molar-refractivity contribution in [3.8, 4) is 0 Å². The molecule has 0 saturated heterocycles. The Morgan fingerprint density at radius 3 is 2.62 bits per heavy atom. The Morgan fingerprint density at radius 1 is 1.69 bits per heavy atom. The minimum absolute atomic E-state index is 0.120. The van der Waals surface area contributed by atoms with E-state index in [0.29, 0.717) is 0 Å². The van der Waals surface area contributed by atoms with Crippen LogP contribution in [0.25, 0.3) is 0 Å². The second kappa shape index (κ2) is 3.89. The zero-order chi connectivity index (χ0) is 12.5. The predicted molar refractivity (Wildman–Crippen MR) is 51.9 cm³/mol. The van der Waals surface area contributed by atoms with E-state index in [2.05, 4.69) is 10.2 Å². The van der Waals surface area contributed by atoms with Crippen molar-refractivity contribution in [1.29, 1.82) is 0 Å². The van der Waals surface area contributed by atoms with Crippen molar-refractivity contribution in [2.45, 2.75) is 25.4 Å². The Labute approximate surface area is 90.1 Å². The number of hydrogen-bond acceptors (Lipinski definition) is 5. The van der Waals surface area contributed by atoms with E-state index in [4.69, 9.17) is 5.11 Å². The first-order chi connectivity index (χ1) is 7.26. The SMILES string of the molecule is CC(C)(c1cc([N+](=O)[O-])[nH]n1)C(O)C(=O)O. The van der Waals surface area contributed by atoms with Gasteiger partial charge in [-0.1, -0.05) is 18.9 Å². The molecule has 0 aliphatic carbocycles. The standard InChI is InChI=1S/C8H11N3O5/c1-8(2,6(12)7(13)14)4-3-5(10-9-4)11(15)16/h3,6,12H,1-2H3,(H,9,10)(H,13,14). The third kappa shape index (κ3) is 2.01. The lowest BCUT2D eigenvalue weighted by Crippen LogP contribution is -2.40. The van der Waals surface area contributed by atoms with E-state index in [1.54, 1.807) is 0 Å². The molecule has 0 bridgehead atoms. The lowest BCUT2D eigenvalue weighted by molar-refractivity contribution is -0.389. The Kier molecular flexibility index (Phi) is 2.95. The molecule has 1 atom stereocenters. The summed E-state index contributed by atoms with van der Waals surface area (Å²) >= 11 is 0. The van der Waals surface area contributed by atoms with Gasteiger partial charge in [-0.05, 0) is 4.92 Å². The fourth-order valence-electron chi connectivity index (χ4n) is 1.18. The van der Waals surface area contributed by atoms with E-state index in [9.17, 15) is 20.0 Å². The first-order valence-corrected chi connectivity index (χ1v) is 4.38. The van der Waals surface area contributed by atoms with Gasteiger partial charge in [-0.3, -0.25) is 0 Å². The van der Waals surface area contributed by atoms with Crippen LogP contribution in [0.1, 0.15) is 19.5 Å². The molecule has 0 aliphatic rings. The number of aliphatic hydroxyl groups is 1. The maximum atomic E-state index is 10.6. The molecule has 8 heteroatoms. The van der Waals surface area contributed by atoms with Crippen molar-refractivity contribution >= 4 is 11.8 Å². The number of rotatable bonds is 4. The molecule has 8 nitrogen and oxygen atoms in total. The fraction of sp³-hybridized carbons (Fsp3) is 0.500. The Bertz CT molecular complexity index is 425. The van der Waals surface area contributed by atoms with Crippen LogP contribution in [-0.4, -0.2) is 37.4 Å². The summed E-state index contributed by atoms with van der Waals surface area (Å²) in [5.74, 6) is -1.75. The number of aromatic amines is 1. The molecule has 0 aromatic carbocycles. The van der Waals surface area contributed by atoms with Crippen LogP contribution in [0.2, 0.25) is 0 Å². The molecular formula is C8H11N3O5. The van der Waals surface area contributed by atoms with Crippen molar-refractivity contribution in [2.75, 3.05) is 0 Å². The van der Waals surface area contributed by atoms with Gasteiger partial charge in [0.1, 0.15) is 5.69 Å². The smallest absolute Gasteiger partial charge is 0.342 e. The maximum absolute atomic E-state index is 10.6. The first kappa shape index (κ1) is 12.1. The van der Waals surface area contributed by atoms with Crippen LogP contribution in [0, 0.1) is 10.1 Å². The third-order valence-corrected chi connectivity index (χ3v) is 2.34. The van der Waals surface area contributed by atoms with Crippen molar-refractivity contribution in [1.82, 2.24) is 10.2 Å². The Hall–Kier alpha value is -1.96. The van der Waals surface area contributed by atoms with Crippen LogP contribution in [0.3, 0.4) is 0 Å². The lowest BCUT2D eigenvalue weighted by atomic mass is 9.83. The van der Waals surface area contributed by atoms with Crippen molar-refractivity contribution in [2.24, 2.45) is 0 Å². The molecule has 1 rings (SSSR count). The monoisotopic (exact) mass is 229 g/mol. The summed E-state index contributed by atoms with van der Waals surface area (Å²) in [5, 5.41) is 34.3. The van der Waals surface area contributed by atoms with Gasteiger partial charge in [0.15, 0.2) is 6.10 Å². The van der Waals surface area contributed by atoms with Gasteiger partial charge in [0.05, 0.1) is 6.07 Å². The summed E-state index contributed by atoms with van der Waals surface area (Å²) in [6.07, 6.45) is -1.68. The van der Waals surface area contributed by atoms with Crippen molar-refractivity contribution in [3.05, 3.63) is 21.9 Å². The summed E-state index contributed by atoms with van der Waals surface area (Å²) in [7, 11) is 0.